The number of anilines is 1. The Kier molecular flexibility index (Phi) is 7.81. The molecule has 2 aromatic heterocycles. The third-order valence-corrected chi connectivity index (χ3v) is 8.25. The molecule has 0 saturated carbocycles. The number of aryl methyl sites for hydroxylation is 1. The van der Waals surface area contributed by atoms with Crippen LogP contribution in [0, 0.1) is 6.92 Å². The molecule has 12 heteroatoms. The van der Waals surface area contributed by atoms with Crippen LogP contribution < -0.4 is 14.4 Å². The fraction of sp³-hybridized carbons (Fsp3) is 0.286. The number of sulfonamides is 1. The van der Waals surface area contributed by atoms with Crippen LogP contribution in [0.3, 0.4) is 0 Å². The van der Waals surface area contributed by atoms with Gasteiger partial charge in [-0.2, -0.15) is 4.72 Å². The summed E-state index contributed by atoms with van der Waals surface area (Å²) in [6, 6.07) is 16.5. The van der Waals surface area contributed by atoms with E-state index in [-0.39, 0.29) is 17.4 Å². The Morgan fingerprint density at radius 1 is 1.20 bits per heavy atom. The molecule has 0 spiro atoms. The number of benzene rings is 2. The average Bonchev–Trinajstić information content (AvgIpc) is 3.41. The van der Waals surface area contributed by atoms with Crippen molar-refractivity contribution in [1.82, 2.24) is 24.7 Å². The van der Waals surface area contributed by atoms with Gasteiger partial charge in [0.1, 0.15) is 17.6 Å². The number of nitrogens with zero attached hydrogens (tertiary/aromatic N) is 5. The van der Waals surface area contributed by atoms with Crippen LogP contribution in [0.5, 0.6) is 5.75 Å². The van der Waals surface area contributed by atoms with Crippen molar-refractivity contribution >= 4 is 21.8 Å². The number of rotatable bonds is 10. The second kappa shape index (κ2) is 11.4. The van der Waals surface area contributed by atoms with Crippen LogP contribution >= 0.6 is 0 Å². The van der Waals surface area contributed by atoms with Crippen molar-refractivity contribution in [2.45, 2.75) is 43.3 Å². The van der Waals surface area contributed by atoms with Gasteiger partial charge in [-0.25, -0.2) is 18.1 Å². The van der Waals surface area contributed by atoms with Crippen molar-refractivity contribution in [2.75, 3.05) is 18.6 Å². The molecule has 0 aliphatic carbocycles. The Bertz CT molecular complexity index is 1590. The molecule has 4 aromatic rings. The zero-order chi connectivity index (χ0) is 28.3. The average molecular weight is 563 g/mol. The molecule has 208 valence electrons. The van der Waals surface area contributed by atoms with Crippen molar-refractivity contribution < 1.29 is 23.1 Å². The summed E-state index contributed by atoms with van der Waals surface area (Å²) in [7, 11) is -2.06. The van der Waals surface area contributed by atoms with E-state index in [0.717, 1.165) is 28.3 Å². The fourth-order valence-electron chi connectivity index (χ4n) is 4.64. The molecule has 2 aromatic carbocycles. The van der Waals surface area contributed by atoms with Crippen molar-refractivity contribution in [3.8, 4) is 5.75 Å². The number of hydrogen-bond donors (Lipinski definition) is 2. The summed E-state index contributed by atoms with van der Waals surface area (Å²) in [5.41, 5.74) is 3.27. The number of nitrogens with one attached hydrogen (secondary N) is 1. The topological polar surface area (TPSA) is 140 Å². The first-order valence-corrected chi connectivity index (χ1v) is 14.3. The Hall–Kier alpha value is -4.29. The quantitative estimate of drug-likeness (QED) is 0.299. The molecule has 0 unspecified atom stereocenters. The number of aliphatic carboxylic acids is 1. The summed E-state index contributed by atoms with van der Waals surface area (Å²) < 4.78 is 35.5. The summed E-state index contributed by atoms with van der Waals surface area (Å²) >= 11 is 0. The van der Waals surface area contributed by atoms with E-state index in [4.69, 9.17) is 4.74 Å². The fourth-order valence-corrected chi connectivity index (χ4v) is 5.83. The first-order chi connectivity index (χ1) is 19.2. The van der Waals surface area contributed by atoms with Gasteiger partial charge in [-0.3, -0.25) is 4.79 Å². The third-order valence-electron chi connectivity index (χ3n) is 6.76. The van der Waals surface area contributed by atoms with E-state index in [1.54, 1.807) is 29.2 Å². The summed E-state index contributed by atoms with van der Waals surface area (Å²) in [5.74, 6) is 0.328. The molecular weight excluding hydrogens is 532 g/mol. The number of carbonyl (C=O) groups is 1. The smallest absolute Gasteiger partial charge is 0.322 e. The highest BCUT2D eigenvalue weighted by atomic mass is 32.2. The van der Waals surface area contributed by atoms with E-state index < -0.39 is 22.0 Å². The Morgan fingerprint density at radius 3 is 2.73 bits per heavy atom. The monoisotopic (exact) mass is 562 g/mol. The molecule has 1 aliphatic heterocycles. The summed E-state index contributed by atoms with van der Waals surface area (Å²) in [4.78, 5) is 18.4. The number of carboxylic acid groups (broad SMARTS) is 1. The Morgan fingerprint density at radius 2 is 2.00 bits per heavy atom. The first kappa shape index (κ1) is 27.3. The van der Waals surface area contributed by atoms with Gasteiger partial charge >= 0.3 is 5.97 Å². The maximum Gasteiger partial charge on any atom is 0.322 e. The normalized spacial score (nSPS) is 15.6. The van der Waals surface area contributed by atoms with Crippen LogP contribution in [0.15, 0.2) is 78.0 Å². The lowest BCUT2D eigenvalue weighted by atomic mass is 9.98. The van der Waals surface area contributed by atoms with Gasteiger partial charge in [0.25, 0.3) is 0 Å². The largest absolute Gasteiger partial charge is 0.493 e. The van der Waals surface area contributed by atoms with Crippen LogP contribution in [0.1, 0.15) is 34.8 Å². The molecule has 5 rings (SSSR count). The minimum absolute atomic E-state index is 0.00240. The molecule has 0 radical (unpaired) electrons. The van der Waals surface area contributed by atoms with Gasteiger partial charge in [0.15, 0.2) is 0 Å². The van der Waals surface area contributed by atoms with Gasteiger partial charge < -0.3 is 14.7 Å². The minimum Gasteiger partial charge on any atom is -0.493 e. The minimum atomic E-state index is -4.04. The maximum atomic E-state index is 12.8. The van der Waals surface area contributed by atoms with Crippen LogP contribution in [-0.4, -0.2) is 59.2 Å². The lowest BCUT2D eigenvalue weighted by Crippen LogP contribution is -2.42. The van der Waals surface area contributed by atoms with E-state index in [1.807, 2.05) is 50.4 Å². The number of pyridine rings is 1. The molecule has 40 heavy (non-hydrogen) atoms. The second-order valence-corrected chi connectivity index (χ2v) is 11.5. The van der Waals surface area contributed by atoms with Gasteiger partial charge in [0.05, 0.1) is 23.2 Å². The third kappa shape index (κ3) is 6.13. The lowest BCUT2D eigenvalue weighted by Gasteiger charge is -2.27. The summed E-state index contributed by atoms with van der Waals surface area (Å²) in [6.07, 6.45) is 3.93. The molecule has 2 N–H and O–H groups in total. The van der Waals surface area contributed by atoms with E-state index in [1.165, 1.54) is 12.1 Å². The van der Waals surface area contributed by atoms with Crippen molar-refractivity contribution in [2.24, 2.45) is 0 Å². The first-order valence-electron chi connectivity index (χ1n) is 12.8. The predicted molar refractivity (Wildman–Crippen MR) is 148 cm³/mol. The van der Waals surface area contributed by atoms with Gasteiger partial charge in [-0.1, -0.05) is 41.1 Å². The van der Waals surface area contributed by atoms with Gasteiger partial charge in [-0.15, -0.1) is 5.10 Å². The number of ether oxygens (including phenoxy) is 1. The lowest BCUT2D eigenvalue weighted by molar-refractivity contribution is -0.138. The second-order valence-electron chi connectivity index (χ2n) is 9.79. The van der Waals surface area contributed by atoms with Crippen LogP contribution in [0.25, 0.3) is 0 Å². The van der Waals surface area contributed by atoms with Crippen LogP contribution in [0.4, 0.5) is 5.82 Å². The Labute approximate surface area is 232 Å². The molecule has 11 nitrogen and oxygen atoms in total. The zero-order valence-corrected chi connectivity index (χ0v) is 23.0. The molecule has 0 saturated heterocycles. The highest BCUT2D eigenvalue weighted by Crippen LogP contribution is 2.35. The number of aromatic nitrogens is 4. The number of hydrogen-bond acceptors (Lipinski definition) is 8. The van der Waals surface area contributed by atoms with E-state index in [9.17, 15) is 18.3 Å². The number of fused-ring (bicyclic) bond motifs is 1. The zero-order valence-electron chi connectivity index (χ0n) is 22.1. The molecule has 2 atom stereocenters. The SMILES string of the molecule is Cc1ccc(S(=O)(=O)N[C@H](Cc2cn([C@@H]3CCOc4cc(CN(C)c5ccccn5)ccc43)nn2)C(=O)O)cc1. The van der Waals surface area contributed by atoms with Gasteiger partial charge in [0, 0.05) is 44.4 Å². The van der Waals surface area contributed by atoms with Gasteiger partial charge in [-0.05, 0) is 42.8 Å². The van der Waals surface area contributed by atoms with Gasteiger partial charge in [0.2, 0.25) is 10.0 Å². The molecular formula is C28H30N6O5S. The van der Waals surface area contributed by atoms with Crippen LogP contribution in [0.2, 0.25) is 0 Å². The molecule has 0 amide bonds. The maximum absolute atomic E-state index is 12.8. The van der Waals surface area contributed by atoms with E-state index >= 15 is 0 Å². The highest BCUT2D eigenvalue weighted by Gasteiger charge is 2.29. The van der Waals surface area contributed by atoms with Crippen molar-refractivity contribution in [3.05, 3.63) is 95.4 Å². The summed E-state index contributed by atoms with van der Waals surface area (Å²) in [5, 5.41) is 18.1. The predicted octanol–water partition coefficient (Wildman–Crippen LogP) is 2.96. The highest BCUT2D eigenvalue weighted by molar-refractivity contribution is 7.89. The molecule has 1 aliphatic rings. The van der Waals surface area contributed by atoms with E-state index in [2.05, 4.69) is 24.9 Å². The van der Waals surface area contributed by atoms with Crippen LogP contribution in [-0.2, 0) is 27.8 Å². The van der Waals surface area contributed by atoms with Crippen molar-refractivity contribution in [3.63, 3.8) is 0 Å². The van der Waals surface area contributed by atoms with Crippen molar-refractivity contribution in [1.29, 1.82) is 0 Å². The summed E-state index contributed by atoms with van der Waals surface area (Å²) in [6.45, 7) is 2.98. The Balaban J connectivity index is 1.30. The molecule has 0 fully saturated rings. The van der Waals surface area contributed by atoms with E-state index in [0.29, 0.717) is 25.3 Å². The molecule has 0 bridgehead atoms. The standard InChI is InChI=1S/C28H30N6O5S/c1-19-6-9-22(10-7-19)40(37,38)31-24(28(35)36)16-21-18-34(32-30-21)25-12-14-39-26-15-20(8-11-23(25)26)17-33(2)27-5-3-4-13-29-27/h3-11,13,15,18,24-25,31H,12,14,16-17H2,1-2H3,(H,35,36)/t24-,25-/m1/s1. The number of carboxylic acids is 1. The molecule has 3 heterocycles.